The van der Waals surface area contributed by atoms with Gasteiger partial charge in [-0.25, -0.2) is 8.78 Å². The highest BCUT2D eigenvalue weighted by Gasteiger charge is 2.06. The molecular formula is C7H15F2N3. The van der Waals surface area contributed by atoms with Crippen LogP contribution in [-0.2, 0) is 0 Å². The fourth-order valence-electron chi connectivity index (χ4n) is 0.866. The van der Waals surface area contributed by atoms with Gasteiger partial charge >= 0.3 is 0 Å². The predicted octanol–water partition coefficient (Wildman–Crippen LogP) is 0.899. The summed E-state index contributed by atoms with van der Waals surface area (Å²) in [7, 11) is 1.63. The minimum Gasteiger partial charge on any atom is -0.388 e. The van der Waals surface area contributed by atoms with Crippen molar-refractivity contribution >= 4 is 5.84 Å². The second kappa shape index (κ2) is 5.88. The SMILES string of the molecule is CN(CCCC(=N)N)CC(F)F. The van der Waals surface area contributed by atoms with Gasteiger partial charge in [-0.1, -0.05) is 0 Å². The lowest BCUT2D eigenvalue weighted by Gasteiger charge is -2.14. The van der Waals surface area contributed by atoms with E-state index in [0.717, 1.165) is 0 Å². The van der Waals surface area contributed by atoms with E-state index in [0.29, 0.717) is 19.4 Å². The average Bonchev–Trinajstić information content (AvgIpc) is 1.84. The molecule has 0 rings (SSSR count). The molecule has 0 radical (unpaired) electrons. The maximum atomic E-state index is 11.8. The molecule has 12 heavy (non-hydrogen) atoms. The molecule has 3 N–H and O–H groups in total. The van der Waals surface area contributed by atoms with Gasteiger partial charge < -0.3 is 10.6 Å². The molecule has 0 saturated heterocycles. The molecule has 0 amide bonds. The maximum absolute atomic E-state index is 11.8. The molecule has 3 nitrogen and oxygen atoms in total. The predicted molar refractivity (Wildman–Crippen MR) is 44.6 cm³/mol. The number of alkyl halides is 2. The smallest absolute Gasteiger partial charge is 0.251 e. The van der Waals surface area contributed by atoms with E-state index >= 15 is 0 Å². The van der Waals surface area contributed by atoms with Crippen LogP contribution in [0, 0.1) is 5.41 Å². The molecule has 0 aliphatic heterocycles. The van der Waals surface area contributed by atoms with E-state index in [9.17, 15) is 8.78 Å². The summed E-state index contributed by atoms with van der Waals surface area (Å²) in [6.07, 6.45) is -1.14. The van der Waals surface area contributed by atoms with Crippen molar-refractivity contribution in [3.63, 3.8) is 0 Å². The highest BCUT2D eigenvalue weighted by molar-refractivity contribution is 5.76. The molecule has 5 heteroatoms. The number of nitrogens with zero attached hydrogens (tertiary/aromatic N) is 1. The summed E-state index contributed by atoms with van der Waals surface area (Å²) in [6, 6.07) is 0. The van der Waals surface area contributed by atoms with E-state index in [1.807, 2.05) is 0 Å². The minimum atomic E-state index is -2.28. The van der Waals surface area contributed by atoms with Gasteiger partial charge in [0.05, 0.1) is 12.4 Å². The van der Waals surface area contributed by atoms with Crippen molar-refractivity contribution in [3.05, 3.63) is 0 Å². The Hall–Kier alpha value is -0.710. The van der Waals surface area contributed by atoms with Crippen molar-refractivity contribution in [2.24, 2.45) is 5.73 Å². The van der Waals surface area contributed by atoms with Crippen LogP contribution in [0.5, 0.6) is 0 Å². The van der Waals surface area contributed by atoms with Crippen molar-refractivity contribution in [2.45, 2.75) is 19.3 Å². The molecule has 0 spiro atoms. The summed E-state index contributed by atoms with van der Waals surface area (Å²) >= 11 is 0. The Morgan fingerprint density at radius 2 is 2.17 bits per heavy atom. The lowest BCUT2D eigenvalue weighted by Crippen LogP contribution is -2.26. The third-order valence-electron chi connectivity index (χ3n) is 1.44. The van der Waals surface area contributed by atoms with Crippen molar-refractivity contribution in [1.29, 1.82) is 5.41 Å². The number of rotatable bonds is 6. The van der Waals surface area contributed by atoms with Crippen LogP contribution in [0.15, 0.2) is 0 Å². The van der Waals surface area contributed by atoms with E-state index in [-0.39, 0.29) is 12.4 Å². The molecule has 0 aliphatic carbocycles. The van der Waals surface area contributed by atoms with Gasteiger partial charge in [-0.15, -0.1) is 0 Å². The minimum absolute atomic E-state index is 0.112. The van der Waals surface area contributed by atoms with Gasteiger partial charge in [-0.05, 0) is 20.0 Å². The van der Waals surface area contributed by atoms with Crippen LogP contribution in [0.4, 0.5) is 8.78 Å². The summed E-state index contributed by atoms with van der Waals surface area (Å²) in [5.74, 6) is 0.112. The second-order valence-electron chi connectivity index (χ2n) is 2.78. The van der Waals surface area contributed by atoms with Gasteiger partial charge in [0.2, 0.25) is 0 Å². The largest absolute Gasteiger partial charge is 0.388 e. The van der Waals surface area contributed by atoms with Crippen LogP contribution >= 0.6 is 0 Å². The van der Waals surface area contributed by atoms with Gasteiger partial charge in [-0.2, -0.15) is 0 Å². The third-order valence-corrected chi connectivity index (χ3v) is 1.44. The van der Waals surface area contributed by atoms with Gasteiger partial charge in [0, 0.05) is 6.42 Å². The summed E-state index contributed by atoms with van der Waals surface area (Å²) in [5, 5.41) is 6.89. The van der Waals surface area contributed by atoms with Crippen LogP contribution in [0.1, 0.15) is 12.8 Å². The Morgan fingerprint density at radius 1 is 1.58 bits per heavy atom. The number of halogens is 2. The number of amidine groups is 1. The molecule has 0 fully saturated rings. The van der Waals surface area contributed by atoms with Crippen molar-refractivity contribution in [3.8, 4) is 0 Å². The topological polar surface area (TPSA) is 53.1 Å². The maximum Gasteiger partial charge on any atom is 0.251 e. The average molecular weight is 179 g/mol. The zero-order valence-electron chi connectivity index (χ0n) is 7.19. The zero-order valence-corrected chi connectivity index (χ0v) is 7.19. The molecular weight excluding hydrogens is 164 g/mol. The standard InChI is InChI=1S/C7H15F2N3/c1-12(5-6(8)9)4-2-3-7(10)11/h6H,2-5H2,1H3,(H3,10,11). The summed E-state index contributed by atoms with van der Waals surface area (Å²) in [5.41, 5.74) is 5.10. The highest BCUT2D eigenvalue weighted by atomic mass is 19.3. The molecule has 0 saturated carbocycles. The normalized spacial score (nSPS) is 11.1. The molecule has 0 aromatic rings. The van der Waals surface area contributed by atoms with Crippen LogP contribution in [0.25, 0.3) is 0 Å². The van der Waals surface area contributed by atoms with E-state index in [2.05, 4.69) is 0 Å². The fraction of sp³-hybridized carbons (Fsp3) is 0.857. The van der Waals surface area contributed by atoms with Gasteiger partial charge in [0.25, 0.3) is 6.43 Å². The van der Waals surface area contributed by atoms with Crippen LogP contribution < -0.4 is 5.73 Å². The van der Waals surface area contributed by atoms with E-state index < -0.39 is 6.43 Å². The number of hydrogen-bond donors (Lipinski definition) is 2. The fourth-order valence-corrected chi connectivity index (χ4v) is 0.866. The van der Waals surface area contributed by atoms with E-state index in [1.54, 1.807) is 7.05 Å². The molecule has 0 heterocycles. The summed E-state index contributed by atoms with van der Waals surface area (Å²) in [6.45, 7) is 0.349. The Labute approximate surface area is 71.0 Å². The summed E-state index contributed by atoms with van der Waals surface area (Å²) in [4.78, 5) is 1.54. The zero-order chi connectivity index (χ0) is 9.56. The monoisotopic (exact) mass is 179 g/mol. The highest BCUT2D eigenvalue weighted by Crippen LogP contribution is 1.97. The lowest BCUT2D eigenvalue weighted by molar-refractivity contribution is 0.100. The quantitative estimate of drug-likeness (QED) is 0.470. The lowest BCUT2D eigenvalue weighted by atomic mass is 10.3. The van der Waals surface area contributed by atoms with E-state index in [1.165, 1.54) is 4.90 Å². The third kappa shape index (κ3) is 7.40. The second-order valence-corrected chi connectivity index (χ2v) is 2.78. The molecule has 0 atom stereocenters. The first kappa shape index (κ1) is 11.3. The van der Waals surface area contributed by atoms with Crippen molar-refractivity contribution < 1.29 is 8.78 Å². The van der Waals surface area contributed by atoms with Crippen LogP contribution in [0.3, 0.4) is 0 Å². The van der Waals surface area contributed by atoms with E-state index in [4.69, 9.17) is 11.1 Å². The van der Waals surface area contributed by atoms with Crippen LogP contribution in [-0.4, -0.2) is 37.3 Å². The molecule has 0 aliphatic rings. The van der Waals surface area contributed by atoms with Crippen molar-refractivity contribution in [1.82, 2.24) is 4.90 Å². The Bertz CT molecular complexity index is 139. The van der Waals surface area contributed by atoms with Crippen LogP contribution in [0.2, 0.25) is 0 Å². The molecule has 0 bridgehead atoms. The first-order chi connectivity index (χ1) is 5.52. The Morgan fingerprint density at radius 3 is 2.58 bits per heavy atom. The molecule has 0 aromatic heterocycles. The van der Waals surface area contributed by atoms with Crippen molar-refractivity contribution in [2.75, 3.05) is 20.1 Å². The number of nitrogens with two attached hydrogens (primary N) is 1. The summed E-state index contributed by atoms with van der Waals surface area (Å²) < 4.78 is 23.5. The first-order valence-electron chi connectivity index (χ1n) is 3.82. The Kier molecular flexibility index (Phi) is 5.53. The Balaban J connectivity index is 3.31. The molecule has 0 unspecified atom stereocenters. The van der Waals surface area contributed by atoms with Gasteiger partial charge in [-0.3, -0.25) is 5.41 Å². The van der Waals surface area contributed by atoms with Gasteiger partial charge in [0.15, 0.2) is 0 Å². The number of hydrogen-bond acceptors (Lipinski definition) is 2. The first-order valence-corrected chi connectivity index (χ1v) is 3.82. The number of nitrogens with one attached hydrogen (secondary N) is 1. The van der Waals surface area contributed by atoms with Gasteiger partial charge in [0.1, 0.15) is 0 Å². The molecule has 0 aromatic carbocycles. The molecule has 72 valence electrons.